The van der Waals surface area contributed by atoms with E-state index in [1.807, 2.05) is 49.6 Å². The Bertz CT molecular complexity index is 1320. The summed E-state index contributed by atoms with van der Waals surface area (Å²) in [7, 11) is 0. The number of anilines is 1. The van der Waals surface area contributed by atoms with Gasteiger partial charge >= 0.3 is 0 Å². The largest absolute Gasteiger partial charge is 0.324 e. The highest BCUT2D eigenvalue weighted by molar-refractivity contribution is 7.17. The lowest BCUT2D eigenvalue weighted by molar-refractivity contribution is -0.118. The Morgan fingerprint density at radius 2 is 1.90 bits per heavy atom. The van der Waals surface area contributed by atoms with Crippen LogP contribution in [0.1, 0.15) is 36.6 Å². The summed E-state index contributed by atoms with van der Waals surface area (Å²) in [6, 6.07) is 13.4. The van der Waals surface area contributed by atoms with Crippen LogP contribution in [-0.2, 0) is 11.2 Å². The van der Waals surface area contributed by atoms with Crippen molar-refractivity contribution in [2.45, 2.75) is 40.2 Å². The summed E-state index contributed by atoms with van der Waals surface area (Å²) in [4.78, 5) is 31.5. The number of carbonyl (C=O) groups is 1. The molecule has 31 heavy (non-hydrogen) atoms. The number of fused-ring (bicyclic) bond motifs is 1. The zero-order chi connectivity index (χ0) is 22.1. The van der Waals surface area contributed by atoms with E-state index in [1.54, 1.807) is 6.92 Å². The van der Waals surface area contributed by atoms with E-state index in [9.17, 15) is 9.59 Å². The molecule has 6 heteroatoms. The molecule has 0 saturated carbocycles. The van der Waals surface area contributed by atoms with E-state index in [0.29, 0.717) is 10.2 Å². The van der Waals surface area contributed by atoms with Crippen LogP contribution in [-0.4, -0.2) is 15.5 Å². The summed E-state index contributed by atoms with van der Waals surface area (Å²) in [6.45, 7) is 7.76. The highest BCUT2D eigenvalue weighted by Crippen LogP contribution is 2.31. The maximum absolute atomic E-state index is 13.4. The molecule has 0 aliphatic carbocycles. The van der Waals surface area contributed by atoms with Gasteiger partial charge in [0.25, 0.3) is 5.56 Å². The van der Waals surface area contributed by atoms with Gasteiger partial charge in [-0.1, -0.05) is 43.3 Å². The number of thiophene rings is 1. The molecule has 0 fully saturated rings. The van der Waals surface area contributed by atoms with Crippen LogP contribution in [0, 0.1) is 13.8 Å². The number of aromatic nitrogens is 2. The molecule has 1 unspecified atom stereocenters. The third-order valence-electron chi connectivity index (χ3n) is 5.64. The molecule has 2 aromatic carbocycles. The van der Waals surface area contributed by atoms with Crippen molar-refractivity contribution in [1.29, 1.82) is 0 Å². The van der Waals surface area contributed by atoms with Crippen LogP contribution >= 0.6 is 11.3 Å². The molecule has 0 spiro atoms. The van der Waals surface area contributed by atoms with E-state index in [-0.39, 0.29) is 11.5 Å². The lowest BCUT2D eigenvalue weighted by Crippen LogP contribution is -2.31. The summed E-state index contributed by atoms with van der Waals surface area (Å²) >= 11 is 1.44. The van der Waals surface area contributed by atoms with Gasteiger partial charge in [0, 0.05) is 16.6 Å². The molecule has 0 radical (unpaired) electrons. The van der Waals surface area contributed by atoms with Gasteiger partial charge in [-0.05, 0) is 55.5 Å². The quantitative estimate of drug-likeness (QED) is 0.453. The smallest absolute Gasteiger partial charge is 0.263 e. The van der Waals surface area contributed by atoms with Crippen LogP contribution in [0.5, 0.6) is 0 Å². The first kappa shape index (κ1) is 21.0. The van der Waals surface area contributed by atoms with Gasteiger partial charge in [0.05, 0.1) is 11.7 Å². The van der Waals surface area contributed by atoms with Crippen molar-refractivity contribution in [3.8, 4) is 11.1 Å². The van der Waals surface area contributed by atoms with Crippen LogP contribution in [0.25, 0.3) is 21.3 Å². The topological polar surface area (TPSA) is 64.0 Å². The number of nitrogens with one attached hydrogen (secondary N) is 1. The number of hydrogen-bond acceptors (Lipinski definition) is 4. The van der Waals surface area contributed by atoms with Gasteiger partial charge < -0.3 is 5.32 Å². The normalized spacial score (nSPS) is 12.1. The maximum atomic E-state index is 13.4. The van der Waals surface area contributed by atoms with Gasteiger partial charge in [-0.2, -0.15) is 0 Å². The molecule has 1 N–H and O–H groups in total. The Morgan fingerprint density at radius 3 is 2.61 bits per heavy atom. The van der Waals surface area contributed by atoms with E-state index >= 15 is 0 Å². The van der Waals surface area contributed by atoms with Crippen molar-refractivity contribution in [3.63, 3.8) is 0 Å². The monoisotopic (exact) mass is 431 g/mol. The third kappa shape index (κ3) is 4.03. The minimum Gasteiger partial charge on any atom is -0.324 e. The van der Waals surface area contributed by atoms with Gasteiger partial charge in [-0.3, -0.25) is 14.2 Å². The zero-order valence-electron chi connectivity index (χ0n) is 18.1. The lowest BCUT2D eigenvalue weighted by atomic mass is 10.0. The summed E-state index contributed by atoms with van der Waals surface area (Å²) in [5, 5.41) is 5.48. The van der Waals surface area contributed by atoms with Crippen molar-refractivity contribution >= 4 is 33.1 Å². The first-order valence-corrected chi connectivity index (χ1v) is 11.2. The molecule has 0 bridgehead atoms. The Labute approximate surface area is 185 Å². The molecule has 1 atom stereocenters. The van der Waals surface area contributed by atoms with Crippen LogP contribution in [0.2, 0.25) is 0 Å². The molecule has 4 aromatic rings. The predicted molar refractivity (Wildman–Crippen MR) is 128 cm³/mol. The van der Waals surface area contributed by atoms with Crippen LogP contribution in [0.15, 0.2) is 59.0 Å². The lowest BCUT2D eigenvalue weighted by Gasteiger charge is -2.16. The number of hydrogen-bond donors (Lipinski definition) is 1. The van der Waals surface area contributed by atoms with Gasteiger partial charge in [0.2, 0.25) is 5.91 Å². The molecule has 5 nitrogen and oxygen atoms in total. The molecule has 0 aliphatic heterocycles. The van der Waals surface area contributed by atoms with E-state index in [2.05, 4.69) is 29.4 Å². The Morgan fingerprint density at radius 1 is 1.16 bits per heavy atom. The molecule has 4 rings (SSSR count). The van der Waals surface area contributed by atoms with Crippen molar-refractivity contribution < 1.29 is 4.79 Å². The highest BCUT2D eigenvalue weighted by atomic mass is 32.1. The minimum absolute atomic E-state index is 0.204. The van der Waals surface area contributed by atoms with Crippen molar-refractivity contribution in [2.24, 2.45) is 0 Å². The maximum Gasteiger partial charge on any atom is 0.263 e. The zero-order valence-corrected chi connectivity index (χ0v) is 18.9. The van der Waals surface area contributed by atoms with Gasteiger partial charge in [0.15, 0.2) is 0 Å². The molecular formula is C25H25N3O2S. The summed E-state index contributed by atoms with van der Waals surface area (Å²) < 4.78 is 1.42. The third-order valence-corrected chi connectivity index (χ3v) is 6.53. The van der Waals surface area contributed by atoms with Crippen molar-refractivity contribution in [1.82, 2.24) is 9.55 Å². The summed E-state index contributed by atoms with van der Waals surface area (Å²) in [5.74, 6) is -0.249. The Kier molecular flexibility index (Phi) is 5.74. The van der Waals surface area contributed by atoms with Gasteiger partial charge in [0.1, 0.15) is 10.9 Å². The number of nitrogens with zero attached hydrogens (tertiary/aromatic N) is 2. The Hall–Kier alpha value is -3.25. The SMILES string of the molecule is CCc1ccc(-c2csc3ncn(C(C)C(=O)Nc4cc(C)ccc4C)c(=O)c23)cc1. The fourth-order valence-electron chi connectivity index (χ4n) is 3.59. The van der Waals surface area contributed by atoms with Crippen molar-refractivity contribution in [2.75, 3.05) is 5.32 Å². The Balaban J connectivity index is 1.70. The molecule has 2 heterocycles. The van der Waals surface area contributed by atoms with E-state index in [1.165, 1.54) is 27.8 Å². The fraction of sp³-hybridized carbons (Fsp3) is 0.240. The molecule has 0 saturated heterocycles. The number of carbonyl (C=O) groups excluding carboxylic acids is 1. The minimum atomic E-state index is -0.695. The number of benzene rings is 2. The van der Waals surface area contributed by atoms with Gasteiger partial charge in [-0.25, -0.2) is 4.98 Å². The second-order valence-electron chi connectivity index (χ2n) is 7.82. The fourth-order valence-corrected chi connectivity index (χ4v) is 4.49. The highest BCUT2D eigenvalue weighted by Gasteiger charge is 2.21. The van der Waals surface area contributed by atoms with E-state index in [4.69, 9.17) is 0 Å². The number of aryl methyl sites for hydroxylation is 3. The average molecular weight is 432 g/mol. The van der Waals surface area contributed by atoms with Crippen molar-refractivity contribution in [3.05, 3.63) is 81.2 Å². The molecule has 0 aliphatic rings. The van der Waals surface area contributed by atoms with Crippen LogP contribution in [0.4, 0.5) is 5.69 Å². The molecule has 158 valence electrons. The second kappa shape index (κ2) is 8.47. The molecular weight excluding hydrogens is 406 g/mol. The predicted octanol–water partition coefficient (Wildman–Crippen LogP) is 5.50. The number of rotatable bonds is 5. The standard InChI is InChI=1S/C25H25N3O2S/c1-5-18-8-10-19(11-9-18)20-13-31-24-22(20)25(30)28(14-26-24)17(4)23(29)27-21-12-15(2)6-7-16(21)3/h6-14,17H,5H2,1-4H3,(H,27,29). The van der Waals surface area contributed by atoms with E-state index in [0.717, 1.165) is 34.4 Å². The summed E-state index contributed by atoms with van der Waals surface area (Å²) in [5.41, 5.74) is 5.67. The first-order chi connectivity index (χ1) is 14.9. The molecule has 2 aromatic heterocycles. The van der Waals surface area contributed by atoms with Crippen LogP contribution < -0.4 is 10.9 Å². The first-order valence-electron chi connectivity index (χ1n) is 10.3. The molecule has 1 amide bonds. The van der Waals surface area contributed by atoms with E-state index < -0.39 is 6.04 Å². The summed E-state index contributed by atoms with van der Waals surface area (Å²) in [6.07, 6.45) is 2.44. The average Bonchev–Trinajstić information content (AvgIpc) is 3.21. The van der Waals surface area contributed by atoms with Gasteiger partial charge in [-0.15, -0.1) is 11.3 Å². The van der Waals surface area contributed by atoms with Crippen LogP contribution in [0.3, 0.4) is 0 Å². The number of amides is 1. The second-order valence-corrected chi connectivity index (χ2v) is 8.68.